The van der Waals surface area contributed by atoms with Gasteiger partial charge >= 0.3 is 0 Å². The number of nitrogens with two attached hydrogens (primary N) is 1. The normalized spacial score (nSPS) is 19.7. The average Bonchev–Trinajstić information content (AvgIpc) is 3.23. The van der Waals surface area contributed by atoms with Crippen molar-refractivity contribution in [1.82, 2.24) is 5.32 Å². The van der Waals surface area contributed by atoms with Crippen molar-refractivity contribution < 1.29 is 4.79 Å². The van der Waals surface area contributed by atoms with Crippen molar-refractivity contribution in [1.29, 1.82) is 0 Å². The number of Topliss-reactive ketones (excluding diaryl/α,β-unsaturated/α-hetero) is 1. The number of piperazine rings is 1. The van der Waals surface area contributed by atoms with Crippen molar-refractivity contribution in [2.75, 3.05) is 43.1 Å². The van der Waals surface area contributed by atoms with Crippen LogP contribution in [-0.4, -0.2) is 38.2 Å². The fourth-order valence-electron chi connectivity index (χ4n) is 2.40. The van der Waals surface area contributed by atoms with Crippen LogP contribution < -0.4 is 16.0 Å². The maximum atomic E-state index is 12.3. The van der Waals surface area contributed by atoms with E-state index in [0.29, 0.717) is 5.69 Å². The van der Waals surface area contributed by atoms with Crippen LogP contribution in [0.4, 0.5) is 10.7 Å². The van der Waals surface area contributed by atoms with Crippen LogP contribution in [-0.2, 0) is 0 Å². The molecule has 0 radical (unpaired) electrons. The number of rotatable bonds is 4. The number of carbonyl (C=O) groups is 1. The molecular weight excluding hydrogens is 278 g/mol. The first-order chi connectivity index (χ1) is 9.22. The molecule has 1 saturated heterocycles. The number of nitrogens with one attached hydrogen (secondary N) is 1. The molecule has 104 valence electrons. The molecule has 1 aromatic rings. The Bertz CT molecular complexity index is 490. The topological polar surface area (TPSA) is 58.4 Å². The summed E-state index contributed by atoms with van der Waals surface area (Å²) >= 11 is 3.25. The minimum atomic E-state index is 0.242. The van der Waals surface area contributed by atoms with Crippen LogP contribution >= 0.6 is 23.1 Å². The molecule has 0 spiro atoms. The molecule has 0 atom stereocenters. The van der Waals surface area contributed by atoms with Crippen LogP contribution in [0.5, 0.6) is 0 Å². The third kappa shape index (κ3) is 2.49. The van der Waals surface area contributed by atoms with Gasteiger partial charge in [0.25, 0.3) is 0 Å². The van der Waals surface area contributed by atoms with Crippen LogP contribution in [0, 0.1) is 5.92 Å². The summed E-state index contributed by atoms with van der Waals surface area (Å²) in [6.07, 6.45) is 4.11. The van der Waals surface area contributed by atoms with Crippen molar-refractivity contribution in [2.24, 2.45) is 5.92 Å². The van der Waals surface area contributed by atoms with E-state index in [9.17, 15) is 4.79 Å². The second kappa shape index (κ2) is 5.34. The number of hydrogen-bond donors (Lipinski definition) is 2. The molecule has 3 rings (SSSR count). The summed E-state index contributed by atoms with van der Waals surface area (Å²) in [6, 6.07) is 0. The first kappa shape index (κ1) is 13.3. The van der Waals surface area contributed by atoms with E-state index in [1.807, 2.05) is 6.26 Å². The van der Waals surface area contributed by atoms with Gasteiger partial charge in [-0.3, -0.25) is 4.79 Å². The van der Waals surface area contributed by atoms with Gasteiger partial charge < -0.3 is 16.0 Å². The van der Waals surface area contributed by atoms with E-state index in [2.05, 4.69) is 10.2 Å². The minimum absolute atomic E-state index is 0.242. The van der Waals surface area contributed by atoms with Gasteiger partial charge in [0.2, 0.25) is 0 Å². The Hall–Kier alpha value is -0.720. The molecule has 2 heterocycles. The Morgan fingerprint density at radius 2 is 2.11 bits per heavy atom. The van der Waals surface area contributed by atoms with Crippen molar-refractivity contribution in [3.05, 3.63) is 4.88 Å². The van der Waals surface area contributed by atoms with Gasteiger partial charge in [0.15, 0.2) is 5.78 Å². The predicted molar refractivity (Wildman–Crippen MR) is 82.6 cm³/mol. The van der Waals surface area contributed by atoms with Gasteiger partial charge in [-0.05, 0) is 19.1 Å². The van der Waals surface area contributed by atoms with E-state index >= 15 is 0 Å². The van der Waals surface area contributed by atoms with Crippen molar-refractivity contribution in [2.45, 2.75) is 17.7 Å². The lowest BCUT2D eigenvalue weighted by Gasteiger charge is -2.28. The van der Waals surface area contributed by atoms with Crippen molar-refractivity contribution in [3.63, 3.8) is 0 Å². The van der Waals surface area contributed by atoms with Gasteiger partial charge in [0.1, 0.15) is 5.00 Å². The van der Waals surface area contributed by atoms with E-state index in [0.717, 1.165) is 48.8 Å². The Morgan fingerprint density at radius 1 is 1.42 bits per heavy atom. The lowest BCUT2D eigenvalue weighted by Crippen LogP contribution is -2.43. The molecule has 1 aromatic heterocycles. The lowest BCUT2D eigenvalue weighted by molar-refractivity contribution is 0.0972. The molecule has 1 aliphatic heterocycles. The number of nitrogen functional groups attached to an aromatic ring is 1. The molecule has 0 aromatic carbocycles. The molecule has 2 aliphatic rings. The molecule has 19 heavy (non-hydrogen) atoms. The van der Waals surface area contributed by atoms with Crippen LogP contribution in [0.3, 0.4) is 0 Å². The molecule has 3 N–H and O–H groups in total. The first-order valence-electron chi connectivity index (χ1n) is 6.68. The molecule has 2 fully saturated rings. The largest absolute Gasteiger partial charge is 0.396 e. The highest BCUT2D eigenvalue weighted by molar-refractivity contribution is 7.99. The number of nitrogens with zero attached hydrogens (tertiary/aromatic N) is 1. The monoisotopic (exact) mass is 297 g/mol. The van der Waals surface area contributed by atoms with E-state index in [-0.39, 0.29) is 11.7 Å². The molecule has 4 nitrogen and oxygen atoms in total. The standard InChI is InChI=1S/C13H19N3OS2/c1-18-12-9(14)11(10(17)8-2-3-8)19-13(12)16-6-4-15-5-7-16/h8,15H,2-7,14H2,1H3. The zero-order valence-electron chi connectivity index (χ0n) is 11.1. The first-order valence-corrected chi connectivity index (χ1v) is 8.72. The Kier molecular flexibility index (Phi) is 3.73. The number of hydrogen-bond acceptors (Lipinski definition) is 6. The van der Waals surface area contributed by atoms with E-state index in [1.54, 1.807) is 23.1 Å². The van der Waals surface area contributed by atoms with Crippen LogP contribution in [0.25, 0.3) is 0 Å². The van der Waals surface area contributed by atoms with Crippen LogP contribution in [0.2, 0.25) is 0 Å². The molecule has 0 bridgehead atoms. The highest BCUT2D eigenvalue weighted by atomic mass is 32.2. The Balaban J connectivity index is 1.93. The average molecular weight is 297 g/mol. The molecule has 0 amide bonds. The van der Waals surface area contributed by atoms with Gasteiger partial charge in [-0.15, -0.1) is 23.1 Å². The highest BCUT2D eigenvalue weighted by Crippen LogP contribution is 2.46. The fraction of sp³-hybridized carbons (Fsp3) is 0.615. The van der Waals surface area contributed by atoms with Crippen LogP contribution in [0.1, 0.15) is 22.5 Å². The van der Waals surface area contributed by atoms with E-state index < -0.39 is 0 Å². The van der Waals surface area contributed by atoms with E-state index in [4.69, 9.17) is 5.73 Å². The maximum absolute atomic E-state index is 12.3. The Labute approximate surface area is 121 Å². The predicted octanol–water partition coefficient (Wildman–Crippen LogP) is 2.05. The molecule has 0 unspecified atom stereocenters. The number of ketones is 1. The molecular formula is C13H19N3OS2. The summed E-state index contributed by atoms with van der Waals surface area (Å²) < 4.78 is 0. The quantitative estimate of drug-likeness (QED) is 0.658. The minimum Gasteiger partial charge on any atom is -0.396 e. The number of thioether (sulfide) groups is 1. The lowest BCUT2D eigenvalue weighted by atomic mass is 10.2. The summed E-state index contributed by atoms with van der Waals surface area (Å²) in [5, 5.41) is 4.54. The summed E-state index contributed by atoms with van der Waals surface area (Å²) in [7, 11) is 0. The number of thiophene rings is 1. The maximum Gasteiger partial charge on any atom is 0.178 e. The number of anilines is 2. The van der Waals surface area contributed by atoms with Gasteiger partial charge in [-0.25, -0.2) is 0 Å². The summed E-state index contributed by atoms with van der Waals surface area (Å²) in [5.41, 5.74) is 6.93. The highest BCUT2D eigenvalue weighted by Gasteiger charge is 2.34. The van der Waals surface area contributed by atoms with Gasteiger partial charge in [0.05, 0.1) is 15.5 Å². The summed E-state index contributed by atoms with van der Waals surface area (Å²) in [6.45, 7) is 3.98. The summed E-state index contributed by atoms with van der Waals surface area (Å²) in [5.74, 6) is 0.505. The zero-order valence-corrected chi connectivity index (χ0v) is 12.7. The van der Waals surface area contributed by atoms with Crippen molar-refractivity contribution in [3.8, 4) is 0 Å². The number of carbonyl (C=O) groups excluding carboxylic acids is 1. The SMILES string of the molecule is CSc1c(N2CCNCC2)sc(C(=O)C2CC2)c1N. The third-order valence-electron chi connectivity index (χ3n) is 3.66. The second-order valence-electron chi connectivity index (χ2n) is 5.06. The molecule has 6 heteroatoms. The van der Waals surface area contributed by atoms with Gasteiger partial charge in [-0.2, -0.15) is 0 Å². The molecule has 1 aliphatic carbocycles. The second-order valence-corrected chi connectivity index (χ2v) is 6.87. The molecule has 1 saturated carbocycles. The Morgan fingerprint density at radius 3 is 2.68 bits per heavy atom. The van der Waals surface area contributed by atoms with Crippen molar-refractivity contribution >= 4 is 39.6 Å². The van der Waals surface area contributed by atoms with Gasteiger partial charge in [-0.1, -0.05) is 0 Å². The van der Waals surface area contributed by atoms with E-state index in [1.165, 1.54) is 5.00 Å². The zero-order chi connectivity index (χ0) is 13.4. The van der Waals surface area contributed by atoms with Gasteiger partial charge in [0, 0.05) is 32.1 Å². The van der Waals surface area contributed by atoms with Crippen LogP contribution in [0.15, 0.2) is 4.90 Å². The third-order valence-corrected chi connectivity index (χ3v) is 5.89. The summed E-state index contributed by atoms with van der Waals surface area (Å²) in [4.78, 5) is 16.5. The fourth-order valence-corrected chi connectivity index (χ4v) is 4.66. The smallest absolute Gasteiger partial charge is 0.178 e.